The molecule has 2 heterocycles. The predicted octanol–water partition coefficient (Wildman–Crippen LogP) is 1.33. The summed E-state index contributed by atoms with van der Waals surface area (Å²) in [6, 6.07) is 7.23. The first-order valence-electron chi connectivity index (χ1n) is 9.05. The Morgan fingerprint density at radius 2 is 1.96 bits per heavy atom. The van der Waals surface area contributed by atoms with E-state index in [2.05, 4.69) is 10.6 Å². The molecule has 2 aliphatic heterocycles. The van der Waals surface area contributed by atoms with Crippen molar-refractivity contribution in [1.82, 2.24) is 15.5 Å². The lowest BCUT2D eigenvalue weighted by Crippen LogP contribution is -2.36. The fourth-order valence-electron chi connectivity index (χ4n) is 3.90. The second-order valence-corrected chi connectivity index (χ2v) is 6.91. The smallest absolute Gasteiger partial charge is 0.225 e. The van der Waals surface area contributed by atoms with Crippen LogP contribution in [-0.4, -0.2) is 49.5 Å². The molecule has 2 N–H and O–H groups in total. The average molecular weight is 345 g/mol. The van der Waals surface area contributed by atoms with Crippen molar-refractivity contribution in [2.45, 2.75) is 26.3 Å². The maximum Gasteiger partial charge on any atom is 0.225 e. The van der Waals surface area contributed by atoms with Gasteiger partial charge in [-0.25, -0.2) is 0 Å². The van der Waals surface area contributed by atoms with Gasteiger partial charge in [-0.2, -0.15) is 0 Å². The van der Waals surface area contributed by atoms with Crippen LogP contribution in [0.1, 0.15) is 31.9 Å². The molecule has 25 heavy (non-hydrogen) atoms. The third-order valence-electron chi connectivity index (χ3n) is 5.09. The van der Waals surface area contributed by atoms with Gasteiger partial charge in [-0.3, -0.25) is 9.59 Å². The van der Waals surface area contributed by atoms with Gasteiger partial charge in [0.25, 0.3) is 0 Å². The number of hydrogen-bond donors (Lipinski definition) is 2. The van der Waals surface area contributed by atoms with Gasteiger partial charge in [0.2, 0.25) is 11.8 Å². The summed E-state index contributed by atoms with van der Waals surface area (Å²) < 4.78 is 5.68. The zero-order chi connectivity index (χ0) is 17.8. The third kappa shape index (κ3) is 4.12. The highest BCUT2D eigenvalue weighted by Gasteiger charge is 2.38. The number of ether oxygens (including phenoxy) is 1. The van der Waals surface area contributed by atoms with Crippen LogP contribution in [-0.2, 0) is 9.59 Å². The molecule has 136 valence electrons. The molecule has 3 rings (SSSR count). The summed E-state index contributed by atoms with van der Waals surface area (Å²) in [6.07, 6.45) is 0.260. The number of para-hydroxylation sites is 1. The number of carbonyl (C=O) groups is 2. The monoisotopic (exact) mass is 345 g/mol. The van der Waals surface area contributed by atoms with E-state index in [9.17, 15) is 9.59 Å². The molecule has 3 atom stereocenters. The Balaban J connectivity index is 1.73. The molecule has 0 aliphatic carbocycles. The van der Waals surface area contributed by atoms with E-state index in [1.165, 1.54) is 6.92 Å². The van der Waals surface area contributed by atoms with Crippen molar-refractivity contribution >= 4 is 11.8 Å². The lowest BCUT2D eigenvalue weighted by Gasteiger charge is -2.24. The molecule has 1 unspecified atom stereocenters. The normalized spacial score (nSPS) is 23.2. The first kappa shape index (κ1) is 17.7. The maximum atomic E-state index is 12.8. The van der Waals surface area contributed by atoms with E-state index in [0.717, 1.165) is 37.5 Å². The minimum atomic E-state index is -0.369. The van der Waals surface area contributed by atoms with E-state index < -0.39 is 0 Å². The maximum absolute atomic E-state index is 12.8. The summed E-state index contributed by atoms with van der Waals surface area (Å²) >= 11 is 0. The van der Waals surface area contributed by atoms with Crippen LogP contribution in [0, 0.1) is 11.8 Å². The van der Waals surface area contributed by atoms with Gasteiger partial charge >= 0.3 is 0 Å². The molecule has 1 aromatic rings. The molecular formula is C19H27N3O3. The molecule has 0 saturated carbocycles. The highest BCUT2D eigenvalue weighted by atomic mass is 16.5. The molecular weight excluding hydrogens is 318 g/mol. The molecule has 6 heteroatoms. The van der Waals surface area contributed by atoms with Crippen LogP contribution >= 0.6 is 0 Å². The van der Waals surface area contributed by atoms with Crippen LogP contribution < -0.4 is 15.4 Å². The molecule has 0 spiro atoms. The van der Waals surface area contributed by atoms with Gasteiger partial charge in [-0.15, -0.1) is 0 Å². The third-order valence-corrected chi connectivity index (χ3v) is 5.09. The summed E-state index contributed by atoms with van der Waals surface area (Å²) in [4.78, 5) is 26.5. The minimum absolute atomic E-state index is 0.0967. The SMILES string of the molecule is CCOc1ccccc1C(CC(=O)N1C[C@H]2CNC[C@H]2C1)NC(C)=O. The van der Waals surface area contributed by atoms with Gasteiger partial charge in [-0.1, -0.05) is 18.2 Å². The molecule has 0 bridgehead atoms. The first-order valence-corrected chi connectivity index (χ1v) is 9.05. The van der Waals surface area contributed by atoms with Crippen molar-refractivity contribution in [2.24, 2.45) is 11.8 Å². The van der Waals surface area contributed by atoms with E-state index in [1.54, 1.807) is 0 Å². The summed E-state index contributed by atoms with van der Waals surface area (Å²) in [5, 5.41) is 6.31. The van der Waals surface area contributed by atoms with Gasteiger partial charge in [0.15, 0.2) is 0 Å². The summed E-state index contributed by atoms with van der Waals surface area (Å²) in [6.45, 7) is 7.57. The summed E-state index contributed by atoms with van der Waals surface area (Å²) in [5.41, 5.74) is 0.856. The summed E-state index contributed by atoms with van der Waals surface area (Å²) in [7, 11) is 0. The fraction of sp³-hybridized carbons (Fsp3) is 0.579. The molecule has 0 radical (unpaired) electrons. The Bertz CT molecular complexity index is 622. The van der Waals surface area contributed by atoms with Gasteiger partial charge < -0.3 is 20.3 Å². The minimum Gasteiger partial charge on any atom is -0.494 e. The highest BCUT2D eigenvalue weighted by molar-refractivity contribution is 5.79. The quantitative estimate of drug-likeness (QED) is 0.816. The Hall–Kier alpha value is -2.08. The van der Waals surface area contributed by atoms with Crippen molar-refractivity contribution in [3.05, 3.63) is 29.8 Å². The largest absolute Gasteiger partial charge is 0.494 e. The van der Waals surface area contributed by atoms with Crippen molar-refractivity contribution < 1.29 is 14.3 Å². The van der Waals surface area contributed by atoms with Crippen molar-refractivity contribution in [2.75, 3.05) is 32.8 Å². The van der Waals surface area contributed by atoms with Crippen LogP contribution in [0.5, 0.6) is 5.75 Å². The van der Waals surface area contributed by atoms with Crippen molar-refractivity contribution in [3.8, 4) is 5.75 Å². The zero-order valence-corrected chi connectivity index (χ0v) is 15.0. The lowest BCUT2D eigenvalue weighted by molar-refractivity contribution is -0.131. The topological polar surface area (TPSA) is 70.7 Å². The second kappa shape index (κ2) is 7.87. The Morgan fingerprint density at radius 3 is 2.60 bits per heavy atom. The van der Waals surface area contributed by atoms with Gasteiger partial charge in [0, 0.05) is 38.7 Å². The lowest BCUT2D eigenvalue weighted by atomic mass is 10.0. The fourth-order valence-corrected chi connectivity index (χ4v) is 3.90. The standard InChI is InChI=1S/C19H27N3O3/c1-3-25-18-7-5-4-6-16(18)17(21-13(2)23)8-19(24)22-11-14-9-20-10-15(14)12-22/h4-7,14-15,17,20H,3,8-12H2,1-2H3,(H,21,23)/t14-,15+,17?. The molecule has 6 nitrogen and oxygen atoms in total. The number of rotatable bonds is 6. The number of amides is 2. The molecule has 1 aromatic carbocycles. The molecule has 2 saturated heterocycles. The number of benzene rings is 1. The number of nitrogens with zero attached hydrogens (tertiary/aromatic N) is 1. The van der Waals surface area contributed by atoms with Crippen LogP contribution in [0.25, 0.3) is 0 Å². The Morgan fingerprint density at radius 1 is 1.28 bits per heavy atom. The second-order valence-electron chi connectivity index (χ2n) is 6.91. The predicted molar refractivity (Wildman–Crippen MR) is 95.2 cm³/mol. The Kier molecular flexibility index (Phi) is 5.58. The number of carbonyl (C=O) groups excluding carboxylic acids is 2. The summed E-state index contributed by atoms with van der Waals surface area (Å²) in [5.74, 6) is 1.81. The average Bonchev–Trinajstić information content (AvgIpc) is 3.16. The van der Waals surface area contributed by atoms with Gasteiger partial charge in [-0.05, 0) is 24.8 Å². The van der Waals surface area contributed by atoms with Gasteiger partial charge in [0.05, 0.1) is 19.1 Å². The molecule has 2 aliphatic rings. The number of nitrogens with one attached hydrogen (secondary N) is 2. The van der Waals surface area contributed by atoms with Crippen molar-refractivity contribution in [1.29, 1.82) is 0 Å². The van der Waals surface area contributed by atoms with Crippen LogP contribution in [0.4, 0.5) is 0 Å². The van der Waals surface area contributed by atoms with E-state index >= 15 is 0 Å². The van der Waals surface area contributed by atoms with Crippen molar-refractivity contribution in [3.63, 3.8) is 0 Å². The number of fused-ring (bicyclic) bond motifs is 1. The van der Waals surface area contributed by atoms with E-state index in [-0.39, 0.29) is 24.3 Å². The first-order chi connectivity index (χ1) is 12.1. The van der Waals surface area contributed by atoms with Crippen LogP contribution in [0.2, 0.25) is 0 Å². The van der Waals surface area contributed by atoms with Crippen LogP contribution in [0.3, 0.4) is 0 Å². The number of hydrogen-bond acceptors (Lipinski definition) is 4. The van der Waals surface area contributed by atoms with E-state index in [0.29, 0.717) is 18.4 Å². The van der Waals surface area contributed by atoms with Crippen LogP contribution in [0.15, 0.2) is 24.3 Å². The molecule has 2 fully saturated rings. The van der Waals surface area contributed by atoms with Gasteiger partial charge in [0.1, 0.15) is 5.75 Å². The Labute approximate surface area is 148 Å². The van der Waals surface area contributed by atoms with E-state index in [4.69, 9.17) is 4.74 Å². The van der Waals surface area contributed by atoms with E-state index in [1.807, 2.05) is 36.1 Å². The molecule has 0 aromatic heterocycles. The molecule has 2 amide bonds. The number of likely N-dealkylation sites (tertiary alicyclic amines) is 1. The highest BCUT2D eigenvalue weighted by Crippen LogP contribution is 2.31. The zero-order valence-electron chi connectivity index (χ0n) is 15.0.